The van der Waals surface area contributed by atoms with Crippen LogP contribution in [0.15, 0.2) is 60.8 Å². The smallest absolute Gasteiger partial charge is 0.273 e. The van der Waals surface area contributed by atoms with Crippen molar-refractivity contribution in [3.8, 4) is 0 Å². The summed E-state index contributed by atoms with van der Waals surface area (Å²) in [5.74, 6) is -2.76. The molecule has 1 aliphatic rings. The Morgan fingerprint density at radius 1 is 1.18 bits per heavy atom. The van der Waals surface area contributed by atoms with Crippen LogP contribution >= 0.6 is 11.5 Å². The summed E-state index contributed by atoms with van der Waals surface area (Å²) in [5, 5.41) is 3.64. The highest BCUT2D eigenvalue weighted by molar-refractivity contribution is 7.09. The number of amides is 3. The third-order valence-electron chi connectivity index (χ3n) is 6.44. The number of anilines is 2. The maximum absolute atomic E-state index is 14.5. The lowest BCUT2D eigenvalue weighted by Gasteiger charge is -2.31. The van der Waals surface area contributed by atoms with Gasteiger partial charge in [0.15, 0.2) is 5.69 Å². The van der Waals surface area contributed by atoms with Crippen molar-refractivity contribution in [2.45, 2.75) is 25.0 Å². The first-order valence-electron chi connectivity index (χ1n) is 12.2. The Kier molecular flexibility index (Phi) is 7.48. The first-order chi connectivity index (χ1) is 18.8. The zero-order valence-electron chi connectivity index (χ0n) is 20.7. The highest BCUT2D eigenvalue weighted by Gasteiger charge is 2.36. The number of nitrogens with zero attached hydrogens (tertiary/aromatic N) is 3. The molecule has 1 aliphatic heterocycles. The molecule has 0 saturated carbocycles. The summed E-state index contributed by atoms with van der Waals surface area (Å²) in [4.78, 5) is 45.1. The molecule has 0 bridgehead atoms. The van der Waals surface area contributed by atoms with Crippen LogP contribution in [0.5, 0.6) is 0 Å². The van der Waals surface area contributed by atoms with Crippen LogP contribution < -0.4 is 21.7 Å². The van der Waals surface area contributed by atoms with Crippen LogP contribution in [0.1, 0.15) is 44.6 Å². The largest absolute Gasteiger partial charge is 0.395 e. The average molecular weight is 549 g/mol. The monoisotopic (exact) mass is 548 g/mol. The Balaban J connectivity index is 1.64. The van der Waals surface area contributed by atoms with Crippen LogP contribution in [0.3, 0.4) is 0 Å². The van der Waals surface area contributed by atoms with Crippen molar-refractivity contribution in [2.75, 3.05) is 23.8 Å². The number of rotatable bonds is 8. The number of nitrogens with two attached hydrogens (primary N) is 2. The van der Waals surface area contributed by atoms with E-state index in [1.54, 1.807) is 30.5 Å². The number of ether oxygens (including phenoxy) is 1. The summed E-state index contributed by atoms with van der Waals surface area (Å²) < 4.78 is 24.0. The van der Waals surface area contributed by atoms with Gasteiger partial charge in [-0.05, 0) is 66.3 Å². The molecule has 0 aliphatic carbocycles. The molecule has 5 rings (SSSR count). The van der Waals surface area contributed by atoms with Gasteiger partial charge >= 0.3 is 0 Å². The molecule has 0 radical (unpaired) electrons. The van der Waals surface area contributed by atoms with Gasteiger partial charge in [-0.2, -0.15) is 4.37 Å². The second-order valence-electron chi connectivity index (χ2n) is 9.03. The van der Waals surface area contributed by atoms with E-state index in [1.807, 2.05) is 6.07 Å². The molecule has 3 heterocycles. The van der Waals surface area contributed by atoms with E-state index in [-0.39, 0.29) is 34.6 Å². The lowest BCUT2D eigenvalue weighted by atomic mass is 10.00. The second-order valence-corrected chi connectivity index (χ2v) is 9.80. The molecule has 0 unspecified atom stereocenters. The maximum atomic E-state index is 14.5. The molecule has 200 valence electrons. The zero-order chi connectivity index (χ0) is 27.5. The highest BCUT2D eigenvalue weighted by Crippen LogP contribution is 2.34. The number of aromatic nitrogens is 2. The average Bonchev–Trinajstić information content (AvgIpc) is 3.59. The van der Waals surface area contributed by atoms with Gasteiger partial charge in [0, 0.05) is 30.4 Å². The third-order valence-corrected chi connectivity index (χ3v) is 7.29. The van der Waals surface area contributed by atoms with Crippen molar-refractivity contribution in [1.29, 1.82) is 0 Å². The fourth-order valence-corrected chi connectivity index (χ4v) is 5.29. The van der Waals surface area contributed by atoms with Gasteiger partial charge in [-0.1, -0.05) is 18.2 Å². The minimum Gasteiger partial charge on any atom is -0.395 e. The van der Waals surface area contributed by atoms with Gasteiger partial charge in [-0.15, -0.1) is 0 Å². The molecule has 5 N–H and O–H groups in total. The highest BCUT2D eigenvalue weighted by atomic mass is 32.1. The molecule has 1 saturated heterocycles. The van der Waals surface area contributed by atoms with Crippen LogP contribution in [0.4, 0.5) is 15.8 Å². The Hall–Kier alpha value is -4.42. The van der Waals surface area contributed by atoms with Gasteiger partial charge in [0.05, 0.1) is 17.3 Å². The van der Waals surface area contributed by atoms with E-state index < -0.39 is 29.6 Å². The number of fused-ring (bicyclic) bond motifs is 1. The Bertz CT molecular complexity index is 1550. The summed E-state index contributed by atoms with van der Waals surface area (Å²) in [6, 6.07) is 12.9. The van der Waals surface area contributed by atoms with Crippen molar-refractivity contribution < 1.29 is 23.5 Å². The van der Waals surface area contributed by atoms with E-state index >= 15 is 0 Å². The first-order valence-corrected chi connectivity index (χ1v) is 13.0. The fraction of sp³-hybridized carbons (Fsp3) is 0.222. The summed E-state index contributed by atoms with van der Waals surface area (Å²) >= 11 is 0.678. The van der Waals surface area contributed by atoms with Gasteiger partial charge in [-0.3, -0.25) is 24.3 Å². The molecule has 3 amide bonds. The van der Waals surface area contributed by atoms with Gasteiger partial charge < -0.3 is 21.5 Å². The van der Waals surface area contributed by atoms with Gasteiger partial charge in [0.2, 0.25) is 5.91 Å². The van der Waals surface area contributed by atoms with E-state index in [1.165, 1.54) is 18.2 Å². The van der Waals surface area contributed by atoms with Crippen LogP contribution in [0, 0.1) is 5.82 Å². The number of primary amides is 1. The van der Waals surface area contributed by atoms with Crippen molar-refractivity contribution >= 4 is 51.5 Å². The van der Waals surface area contributed by atoms with Crippen molar-refractivity contribution in [2.24, 2.45) is 5.73 Å². The summed E-state index contributed by atoms with van der Waals surface area (Å²) in [7, 11) is 0. The number of carbonyl (C=O) groups is 3. The van der Waals surface area contributed by atoms with E-state index in [9.17, 15) is 18.8 Å². The normalized spacial score (nSPS) is 15.7. The molecule has 0 spiro atoms. The van der Waals surface area contributed by atoms with Crippen LogP contribution in [0.25, 0.3) is 10.9 Å². The van der Waals surface area contributed by atoms with Crippen LogP contribution in [-0.4, -0.2) is 46.3 Å². The molecule has 39 heavy (non-hydrogen) atoms. The summed E-state index contributed by atoms with van der Waals surface area (Å²) in [6.07, 6.45) is 3.19. The van der Waals surface area contributed by atoms with Gasteiger partial charge in [0.25, 0.3) is 11.8 Å². The Labute approximate surface area is 226 Å². The van der Waals surface area contributed by atoms with Gasteiger partial charge in [0.1, 0.15) is 16.7 Å². The summed E-state index contributed by atoms with van der Waals surface area (Å²) in [5.41, 5.74) is 12.2. The maximum Gasteiger partial charge on any atom is 0.273 e. The van der Waals surface area contributed by atoms with E-state index in [4.69, 9.17) is 16.2 Å². The molecule has 1 fully saturated rings. The van der Waals surface area contributed by atoms with Crippen LogP contribution in [-0.2, 0) is 9.53 Å². The first kappa shape index (κ1) is 26.2. The number of benzene rings is 2. The predicted molar refractivity (Wildman–Crippen MR) is 145 cm³/mol. The van der Waals surface area contributed by atoms with E-state index in [2.05, 4.69) is 14.7 Å². The molecular formula is C27H25FN6O4S. The number of nitrogens with one attached hydrogen (secondary N) is 1. The lowest BCUT2D eigenvalue weighted by molar-refractivity contribution is -0.123. The Morgan fingerprint density at radius 2 is 2.03 bits per heavy atom. The summed E-state index contributed by atoms with van der Waals surface area (Å²) in [6.45, 7) is 0.854. The standard InChI is InChI=1S/C27H25FN6O4S/c28-17-5-1-6-18(13-17)34(27(37)24-21(29)22(25(30)35)33-39-24)23(26(36)32-14-19-7-3-11-38-19)16-8-9-20-15(12-16)4-2-10-31-20/h1-2,4-6,8-10,12-13,19,23H,3,7,11,14,29H2,(H2,30,35)(H,32,36)/t19-,23+/m0/s1. The molecule has 4 aromatic rings. The second kappa shape index (κ2) is 11.1. The van der Waals surface area contributed by atoms with Crippen molar-refractivity contribution in [3.63, 3.8) is 0 Å². The van der Waals surface area contributed by atoms with Crippen LogP contribution in [0.2, 0.25) is 0 Å². The zero-order valence-corrected chi connectivity index (χ0v) is 21.5. The third kappa shape index (κ3) is 5.42. The van der Waals surface area contributed by atoms with Crippen molar-refractivity contribution in [3.05, 3.63) is 82.7 Å². The minimum absolute atomic E-state index is 0.104. The number of hydrogen-bond acceptors (Lipinski definition) is 8. The molecule has 2 aromatic heterocycles. The van der Waals surface area contributed by atoms with E-state index in [0.29, 0.717) is 29.2 Å². The van der Waals surface area contributed by atoms with Gasteiger partial charge in [-0.25, -0.2) is 4.39 Å². The molecule has 2 atom stereocenters. The molecular weight excluding hydrogens is 523 g/mol. The number of hydrogen-bond donors (Lipinski definition) is 3. The molecule has 10 nitrogen and oxygen atoms in total. The SMILES string of the molecule is NC(=O)c1nsc(C(=O)N(c2cccc(F)c2)[C@@H](C(=O)NC[C@@H]2CCCO2)c2ccc3ncccc3c2)c1N. The topological polar surface area (TPSA) is 154 Å². The lowest BCUT2D eigenvalue weighted by Crippen LogP contribution is -2.45. The minimum atomic E-state index is -1.25. The number of pyridine rings is 1. The Morgan fingerprint density at radius 3 is 2.74 bits per heavy atom. The molecule has 12 heteroatoms. The van der Waals surface area contributed by atoms with Crippen molar-refractivity contribution in [1.82, 2.24) is 14.7 Å². The number of carbonyl (C=O) groups excluding carboxylic acids is 3. The number of halogens is 1. The van der Waals surface area contributed by atoms with E-state index in [0.717, 1.165) is 29.2 Å². The fourth-order valence-electron chi connectivity index (χ4n) is 4.55. The molecule has 2 aromatic carbocycles. The predicted octanol–water partition coefficient (Wildman–Crippen LogP) is 3.19. The quantitative estimate of drug-likeness (QED) is 0.306. The number of nitrogen functional groups attached to an aromatic ring is 1.